The highest BCUT2D eigenvalue weighted by Gasteiger charge is 2.15. The topological polar surface area (TPSA) is 68.3 Å². The van der Waals surface area contributed by atoms with Crippen molar-refractivity contribution < 1.29 is 14.3 Å². The van der Waals surface area contributed by atoms with Crippen LogP contribution < -0.4 is 0 Å². The molecule has 2 heterocycles. The van der Waals surface area contributed by atoms with Crippen molar-refractivity contribution in [3.63, 3.8) is 0 Å². The Balaban J connectivity index is 2.13. The van der Waals surface area contributed by atoms with Crippen LogP contribution in [0.4, 0.5) is 0 Å². The maximum atomic E-state index is 10.9. The van der Waals surface area contributed by atoms with Crippen LogP contribution in [0.3, 0.4) is 0 Å². The highest BCUT2D eigenvalue weighted by Crippen LogP contribution is 2.21. The van der Waals surface area contributed by atoms with Crippen LogP contribution in [-0.2, 0) is 0 Å². The van der Waals surface area contributed by atoms with E-state index in [2.05, 4.69) is 5.10 Å². The van der Waals surface area contributed by atoms with Crippen LogP contribution in [0.1, 0.15) is 10.5 Å². The van der Waals surface area contributed by atoms with Crippen molar-refractivity contribution in [3.05, 3.63) is 47.4 Å². The lowest BCUT2D eigenvalue weighted by molar-refractivity contribution is 0.0690. The predicted molar refractivity (Wildman–Crippen MR) is 65.3 cm³/mol. The van der Waals surface area contributed by atoms with Gasteiger partial charge < -0.3 is 9.52 Å². The summed E-state index contributed by atoms with van der Waals surface area (Å²) in [6, 6.07) is 7.29. The molecule has 0 fully saturated rings. The number of furan rings is 1. The first-order chi connectivity index (χ1) is 8.65. The number of carboxylic acids is 1. The maximum Gasteiger partial charge on any atom is 0.357 e. The molecule has 0 bridgehead atoms. The lowest BCUT2D eigenvalue weighted by Crippen LogP contribution is -2.01. The molecule has 0 aliphatic rings. The number of carbonyl (C=O) groups is 1. The van der Waals surface area contributed by atoms with Gasteiger partial charge in [0.1, 0.15) is 5.58 Å². The Morgan fingerprint density at radius 1 is 1.39 bits per heavy atom. The van der Waals surface area contributed by atoms with Crippen molar-refractivity contribution in [1.82, 2.24) is 9.78 Å². The zero-order valence-corrected chi connectivity index (χ0v) is 9.76. The first kappa shape index (κ1) is 10.9. The third-order valence-corrected chi connectivity index (χ3v) is 2.85. The quantitative estimate of drug-likeness (QED) is 0.771. The molecule has 6 heteroatoms. The maximum absolute atomic E-state index is 10.9. The van der Waals surface area contributed by atoms with E-state index in [1.54, 1.807) is 12.3 Å². The van der Waals surface area contributed by atoms with Gasteiger partial charge in [-0.2, -0.15) is 5.10 Å². The summed E-state index contributed by atoms with van der Waals surface area (Å²) in [6.45, 7) is 0. The first-order valence-electron chi connectivity index (χ1n) is 5.11. The van der Waals surface area contributed by atoms with Crippen molar-refractivity contribution in [3.8, 4) is 5.69 Å². The fourth-order valence-electron chi connectivity index (χ4n) is 1.72. The Morgan fingerprint density at radius 3 is 2.94 bits per heavy atom. The van der Waals surface area contributed by atoms with E-state index in [-0.39, 0.29) is 10.7 Å². The van der Waals surface area contributed by atoms with Crippen molar-refractivity contribution in [2.45, 2.75) is 0 Å². The van der Waals surface area contributed by atoms with Crippen LogP contribution >= 0.6 is 11.6 Å². The average Bonchev–Trinajstić information content (AvgIpc) is 2.93. The minimum absolute atomic E-state index is 0.0991. The SMILES string of the molecule is O=C(O)c1nn(-c2ccc3ccoc3c2)cc1Cl. The van der Waals surface area contributed by atoms with Gasteiger partial charge in [-0.3, -0.25) is 0 Å². The van der Waals surface area contributed by atoms with Gasteiger partial charge >= 0.3 is 5.97 Å². The molecule has 1 aromatic carbocycles. The number of fused-ring (bicyclic) bond motifs is 1. The van der Waals surface area contributed by atoms with Gasteiger partial charge in [0.2, 0.25) is 0 Å². The molecule has 2 aromatic heterocycles. The molecule has 3 aromatic rings. The van der Waals surface area contributed by atoms with Gasteiger partial charge in [0, 0.05) is 11.5 Å². The summed E-state index contributed by atoms with van der Waals surface area (Å²) in [5.41, 5.74) is 1.22. The minimum atomic E-state index is -1.15. The molecule has 3 rings (SSSR count). The van der Waals surface area contributed by atoms with Crippen LogP contribution in [0.5, 0.6) is 0 Å². The van der Waals surface area contributed by atoms with Gasteiger partial charge in [-0.05, 0) is 18.2 Å². The molecule has 0 aliphatic heterocycles. The molecule has 5 nitrogen and oxygen atoms in total. The Kier molecular flexibility index (Phi) is 2.34. The van der Waals surface area contributed by atoms with E-state index in [4.69, 9.17) is 21.1 Å². The van der Waals surface area contributed by atoms with Crippen LogP contribution in [0, 0.1) is 0 Å². The van der Waals surface area contributed by atoms with Gasteiger partial charge in [-0.1, -0.05) is 11.6 Å². The van der Waals surface area contributed by atoms with E-state index in [1.165, 1.54) is 10.9 Å². The molecule has 0 atom stereocenters. The second-order valence-corrected chi connectivity index (χ2v) is 4.13. The van der Waals surface area contributed by atoms with Gasteiger partial charge in [-0.25, -0.2) is 9.48 Å². The number of halogens is 1. The van der Waals surface area contributed by atoms with Crippen LogP contribution in [0.25, 0.3) is 16.7 Å². The molecule has 0 spiro atoms. The van der Waals surface area contributed by atoms with E-state index < -0.39 is 5.97 Å². The van der Waals surface area contributed by atoms with E-state index in [9.17, 15) is 4.79 Å². The second kappa shape index (κ2) is 3.89. The normalized spacial score (nSPS) is 10.9. The van der Waals surface area contributed by atoms with E-state index >= 15 is 0 Å². The summed E-state index contributed by atoms with van der Waals surface area (Å²) in [4.78, 5) is 10.9. The van der Waals surface area contributed by atoms with Gasteiger partial charge in [-0.15, -0.1) is 0 Å². The molecule has 0 amide bonds. The molecule has 0 unspecified atom stereocenters. The van der Waals surface area contributed by atoms with Crippen molar-refractivity contribution >= 4 is 28.5 Å². The van der Waals surface area contributed by atoms with Gasteiger partial charge in [0.25, 0.3) is 0 Å². The summed E-state index contributed by atoms with van der Waals surface area (Å²) in [5.74, 6) is -1.15. The van der Waals surface area contributed by atoms with Crippen LogP contribution in [0.15, 0.2) is 41.1 Å². The Labute approximate surface area is 106 Å². The summed E-state index contributed by atoms with van der Waals surface area (Å²) in [7, 11) is 0. The van der Waals surface area contributed by atoms with Gasteiger partial charge in [0.05, 0.1) is 23.2 Å². The fraction of sp³-hybridized carbons (Fsp3) is 0. The summed E-state index contributed by atoms with van der Waals surface area (Å²) >= 11 is 5.80. The molecular weight excluding hydrogens is 256 g/mol. The van der Waals surface area contributed by atoms with Crippen molar-refractivity contribution in [1.29, 1.82) is 0 Å². The van der Waals surface area contributed by atoms with Crippen LogP contribution in [-0.4, -0.2) is 20.9 Å². The number of rotatable bonds is 2. The number of nitrogens with zero attached hydrogens (tertiary/aromatic N) is 2. The summed E-state index contributed by atoms with van der Waals surface area (Å²) in [6.07, 6.45) is 3.04. The molecule has 18 heavy (non-hydrogen) atoms. The molecule has 0 saturated carbocycles. The Morgan fingerprint density at radius 2 is 2.22 bits per heavy atom. The highest BCUT2D eigenvalue weighted by atomic mass is 35.5. The zero-order valence-electron chi connectivity index (χ0n) is 9.00. The lowest BCUT2D eigenvalue weighted by atomic mass is 10.2. The minimum Gasteiger partial charge on any atom is -0.476 e. The predicted octanol–water partition coefficient (Wildman–Crippen LogP) is 2.97. The smallest absolute Gasteiger partial charge is 0.357 e. The van der Waals surface area contributed by atoms with Crippen molar-refractivity contribution in [2.24, 2.45) is 0 Å². The highest BCUT2D eigenvalue weighted by molar-refractivity contribution is 6.33. The molecule has 0 radical (unpaired) electrons. The number of hydrogen-bond acceptors (Lipinski definition) is 3. The van der Waals surface area contributed by atoms with E-state index in [0.29, 0.717) is 11.3 Å². The average molecular weight is 263 g/mol. The molecule has 1 N–H and O–H groups in total. The van der Waals surface area contributed by atoms with Crippen molar-refractivity contribution in [2.75, 3.05) is 0 Å². The van der Waals surface area contributed by atoms with E-state index in [0.717, 1.165) is 5.39 Å². The third kappa shape index (κ3) is 1.65. The standard InChI is InChI=1S/C12H7ClN2O3/c13-9-6-15(14-11(9)12(16)17)8-2-1-7-3-4-18-10(7)5-8/h1-6H,(H,16,17). The van der Waals surface area contributed by atoms with Crippen LogP contribution in [0.2, 0.25) is 5.02 Å². The largest absolute Gasteiger partial charge is 0.476 e. The Bertz CT molecular complexity index is 745. The summed E-state index contributed by atoms with van der Waals surface area (Å²) < 4.78 is 6.68. The monoisotopic (exact) mass is 262 g/mol. The van der Waals surface area contributed by atoms with Gasteiger partial charge in [0.15, 0.2) is 5.69 Å². The number of carboxylic acid groups (broad SMARTS) is 1. The molecule has 0 aliphatic carbocycles. The first-order valence-corrected chi connectivity index (χ1v) is 5.49. The summed E-state index contributed by atoms with van der Waals surface area (Å²) in [5, 5.41) is 13.9. The molecule has 90 valence electrons. The fourth-order valence-corrected chi connectivity index (χ4v) is 1.93. The number of benzene rings is 1. The number of aromatic carboxylic acids is 1. The van der Waals surface area contributed by atoms with E-state index in [1.807, 2.05) is 18.2 Å². The molecular formula is C12H7ClN2O3. The third-order valence-electron chi connectivity index (χ3n) is 2.58. The zero-order chi connectivity index (χ0) is 12.7. The number of aromatic nitrogens is 2. The Hall–Kier alpha value is -2.27. The second-order valence-electron chi connectivity index (χ2n) is 3.72. The molecule has 0 saturated heterocycles. The lowest BCUT2D eigenvalue weighted by Gasteiger charge is -2.00. The number of hydrogen-bond donors (Lipinski definition) is 1.